The molecule has 7 heteroatoms. The van der Waals surface area contributed by atoms with E-state index >= 15 is 0 Å². The van der Waals surface area contributed by atoms with Gasteiger partial charge in [-0.05, 0) is 42.3 Å². The maximum absolute atomic E-state index is 12.1. The number of carbonyl (C=O) groups excluding carboxylic acids is 1. The zero-order valence-electron chi connectivity index (χ0n) is 14.8. The second kappa shape index (κ2) is 8.50. The fraction of sp³-hybridized carbons (Fsp3) is 0.263. The average molecular weight is 371 g/mol. The van der Waals surface area contributed by atoms with Crippen molar-refractivity contribution >= 4 is 21.6 Å². The smallest absolute Gasteiger partial charge is 0.232 e. The quantitative estimate of drug-likeness (QED) is 0.809. The lowest BCUT2D eigenvalue weighted by Crippen LogP contribution is -2.34. The van der Waals surface area contributed by atoms with E-state index in [9.17, 15) is 13.2 Å². The van der Waals surface area contributed by atoms with Gasteiger partial charge in [-0.3, -0.25) is 9.10 Å². The molecule has 0 saturated carbocycles. The van der Waals surface area contributed by atoms with Crippen molar-refractivity contribution in [2.45, 2.75) is 19.9 Å². The van der Waals surface area contributed by atoms with E-state index in [-0.39, 0.29) is 18.9 Å². The maximum Gasteiger partial charge on any atom is 0.232 e. The van der Waals surface area contributed by atoms with Crippen LogP contribution in [0.15, 0.2) is 48.5 Å². The van der Waals surface area contributed by atoms with E-state index in [1.807, 2.05) is 37.3 Å². The third-order valence-corrected chi connectivity index (χ3v) is 5.16. The number of anilines is 1. The third-order valence-electron chi connectivity index (χ3n) is 3.96. The highest BCUT2D eigenvalue weighted by Gasteiger charge is 2.18. The van der Waals surface area contributed by atoms with Gasteiger partial charge in [0.1, 0.15) is 0 Å². The summed E-state index contributed by atoms with van der Waals surface area (Å²) in [4.78, 5) is 12.1. The summed E-state index contributed by atoms with van der Waals surface area (Å²) in [5.74, 6) is -0.226. The summed E-state index contributed by atoms with van der Waals surface area (Å²) in [6, 6.07) is 16.0. The second-order valence-electron chi connectivity index (χ2n) is 5.95. The minimum atomic E-state index is -3.54. The van der Waals surface area contributed by atoms with Crippen LogP contribution in [0.25, 0.3) is 0 Å². The highest BCUT2D eigenvalue weighted by Crippen LogP contribution is 2.18. The Morgan fingerprint density at radius 2 is 1.81 bits per heavy atom. The maximum atomic E-state index is 12.1. The summed E-state index contributed by atoms with van der Waals surface area (Å²) >= 11 is 0. The molecule has 2 rings (SSSR count). The summed E-state index contributed by atoms with van der Waals surface area (Å²) in [5, 5.41) is 11.7. The molecule has 0 atom stereocenters. The van der Waals surface area contributed by atoms with Crippen molar-refractivity contribution in [2.75, 3.05) is 17.1 Å². The number of hydrogen-bond acceptors (Lipinski definition) is 4. The Morgan fingerprint density at radius 3 is 2.38 bits per heavy atom. The summed E-state index contributed by atoms with van der Waals surface area (Å²) in [6.45, 7) is 2.41. The van der Waals surface area contributed by atoms with Crippen molar-refractivity contribution in [1.29, 1.82) is 5.26 Å². The lowest BCUT2D eigenvalue weighted by atomic mass is 10.1. The van der Waals surface area contributed by atoms with Gasteiger partial charge in [0.25, 0.3) is 0 Å². The molecule has 1 N–H and O–H groups in total. The van der Waals surface area contributed by atoms with Gasteiger partial charge in [0.15, 0.2) is 0 Å². The van der Waals surface area contributed by atoms with Crippen molar-refractivity contribution in [3.63, 3.8) is 0 Å². The lowest BCUT2D eigenvalue weighted by Gasteiger charge is -2.22. The van der Waals surface area contributed by atoms with E-state index in [0.29, 0.717) is 17.8 Å². The zero-order valence-corrected chi connectivity index (χ0v) is 15.6. The Labute approximate surface area is 154 Å². The van der Waals surface area contributed by atoms with E-state index in [2.05, 4.69) is 5.32 Å². The molecule has 0 radical (unpaired) electrons. The van der Waals surface area contributed by atoms with Crippen LogP contribution < -0.4 is 9.62 Å². The van der Waals surface area contributed by atoms with E-state index in [0.717, 1.165) is 17.4 Å². The number of nitriles is 1. The molecular formula is C19H21N3O3S. The van der Waals surface area contributed by atoms with E-state index in [4.69, 9.17) is 5.26 Å². The number of sulfonamides is 1. The molecule has 0 aliphatic rings. The zero-order chi connectivity index (χ0) is 19.2. The predicted molar refractivity (Wildman–Crippen MR) is 101 cm³/mol. The van der Waals surface area contributed by atoms with Gasteiger partial charge in [-0.25, -0.2) is 8.42 Å². The van der Waals surface area contributed by atoms with Gasteiger partial charge in [-0.1, -0.05) is 24.3 Å². The number of nitrogens with one attached hydrogen (secondary N) is 1. The van der Waals surface area contributed by atoms with Crippen LogP contribution in [-0.4, -0.2) is 27.1 Å². The monoisotopic (exact) mass is 371 g/mol. The first kappa shape index (κ1) is 19.5. The van der Waals surface area contributed by atoms with Gasteiger partial charge in [0.2, 0.25) is 15.9 Å². The highest BCUT2D eigenvalue weighted by molar-refractivity contribution is 7.92. The van der Waals surface area contributed by atoms with Crippen LogP contribution in [0.3, 0.4) is 0 Å². The van der Waals surface area contributed by atoms with Gasteiger partial charge >= 0.3 is 0 Å². The molecule has 0 fully saturated rings. The minimum Gasteiger partial charge on any atom is -0.352 e. The SMILES string of the molecule is Cc1ccccc1CNC(=O)CCN(c1ccc(C#N)cc1)S(C)(=O)=O. The van der Waals surface area contributed by atoms with Crippen molar-refractivity contribution in [2.24, 2.45) is 0 Å². The van der Waals surface area contributed by atoms with E-state index in [1.165, 1.54) is 4.31 Å². The molecule has 0 spiro atoms. The molecule has 2 aromatic carbocycles. The van der Waals surface area contributed by atoms with E-state index in [1.54, 1.807) is 24.3 Å². The van der Waals surface area contributed by atoms with Gasteiger partial charge in [0, 0.05) is 19.5 Å². The van der Waals surface area contributed by atoms with Crippen LogP contribution in [-0.2, 0) is 21.4 Å². The molecule has 26 heavy (non-hydrogen) atoms. The fourth-order valence-corrected chi connectivity index (χ4v) is 3.41. The van der Waals surface area contributed by atoms with Crippen molar-refractivity contribution < 1.29 is 13.2 Å². The summed E-state index contributed by atoms with van der Waals surface area (Å²) in [7, 11) is -3.54. The first-order chi connectivity index (χ1) is 12.3. The Balaban J connectivity index is 1.99. The molecule has 0 unspecified atom stereocenters. The Hall–Kier alpha value is -2.85. The Kier molecular flexibility index (Phi) is 6.36. The number of carbonyl (C=O) groups is 1. The normalized spacial score (nSPS) is 10.8. The largest absolute Gasteiger partial charge is 0.352 e. The van der Waals surface area contributed by atoms with Crippen LogP contribution in [0.4, 0.5) is 5.69 Å². The number of nitrogens with zero attached hydrogens (tertiary/aromatic N) is 2. The van der Waals surface area contributed by atoms with Crippen molar-refractivity contribution in [3.8, 4) is 6.07 Å². The number of rotatable bonds is 7. The van der Waals surface area contributed by atoms with Crippen LogP contribution in [0.2, 0.25) is 0 Å². The molecule has 0 aliphatic carbocycles. The van der Waals surface area contributed by atoms with Crippen LogP contribution in [0.1, 0.15) is 23.1 Å². The molecule has 0 aliphatic heterocycles. The topological polar surface area (TPSA) is 90.3 Å². The van der Waals surface area contributed by atoms with Gasteiger partial charge in [0.05, 0.1) is 23.6 Å². The van der Waals surface area contributed by atoms with Gasteiger partial charge < -0.3 is 5.32 Å². The molecule has 1 amide bonds. The van der Waals surface area contributed by atoms with Crippen LogP contribution >= 0.6 is 0 Å². The van der Waals surface area contributed by atoms with Crippen LogP contribution in [0, 0.1) is 18.3 Å². The molecule has 0 bridgehead atoms. The lowest BCUT2D eigenvalue weighted by molar-refractivity contribution is -0.121. The Bertz CT molecular complexity index is 916. The predicted octanol–water partition coefficient (Wildman–Crippen LogP) is 2.34. The molecule has 0 saturated heterocycles. The van der Waals surface area contributed by atoms with Crippen molar-refractivity contribution in [1.82, 2.24) is 5.32 Å². The fourth-order valence-electron chi connectivity index (χ4n) is 2.48. The van der Waals surface area contributed by atoms with Gasteiger partial charge in [-0.15, -0.1) is 0 Å². The molecule has 0 aromatic heterocycles. The summed E-state index contributed by atoms with van der Waals surface area (Å²) in [6.07, 6.45) is 1.13. The molecule has 136 valence electrons. The molecule has 0 heterocycles. The van der Waals surface area contributed by atoms with Gasteiger partial charge in [-0.2, -0.15) is 5.26 Å². The first-order valence-electron chi connectivity index (χ1n) is 8.10. The number of amides is 1. The van der Waals surface area contributed by atoms with E-state index < -0.39 is 10.0 Å². The highest BCUT2D eigenvalue weighted by atomic mass is 32.2. The summed E-state index contributed by atoms with van der Waals surface area (Å²) < 4.78 is 25.3. The molecular weight excluding hydrogens is 350 g/mol. The molecule has 6 nitrogen and oxygen atoms in total. The van der Waals surface area contributed by atoms with Crippen LogP contribution in [0.5, 0.6) is 0 Å². The summed E-state index contributed by atoms with van der Waals surface area (Å²) in [5.41, 5.74) is 2.98. The molecule has 2 aromatic rings. The second-order valence-corrected chi connectivity index (χ2v) is 7.85. The first-order valence-corrected chi connectivity index (χ1v) is 9.95. The third kappa shape index (κ3) is 5.33. The Morgan fingerprint density at radius 1 is 1.15 bits per heavy atom. The minimum absolute atomic E-state index is 0.0321. The van der Waals surface area contributed by atoms with Crippen molar-refractivity contribution in [3.05, 3.63) is 65.2 Å². The standard InChI is InChI=1S/C19H21N3O3S/c1-15-5-3-4-6-17(15)14-21-19(23)11-12-22(26(2,24)25)18-9-7-16(13-20)8-10-18/h3-10H,11-12,14H2,1-2H3,(H,21,23). The average Bonchev–Trinajstić information content (AvgIpc) is 2.60. The number of hydrogen-bond donors (Lipinski definition) is 1. The number of benzene rings is 2. The number of aryl methyl sites for hydroxylation is 1.